The van der Waals surface area contributed by atoms with Gasteiger partial charge in [-0.25, -0.2) is 0 Å². The van der Waals surface area contributed by atoms with E-state index in [1.54, 1.807) is 19.5 Å². The van der Waals surface area contributed by atoms with E-state index in [-0.39, 0.29) is 0 Å². The number of rotatable bonds is 4. The van der Waals surface area contributed by atoms with Gasteiger partial charge in [-0.1, -0.05) is 52.8 Å². The fraction of sp³-hybridized carbons (Fsp3) is 0.450. The van der Waals surface area contributed by atoms with Gasteiger partial charge < -0.3 is 5.32 Å². The molecule has 0 bridgehead atoms. The van der Waals surface area contributed by atoms with Gasteiger partial charge in [0.05, 0.1) is 11.4 Å². The van der Waals surface area contributed by atoms with Crippen molar-refractivity contribution in [1.29, 1.82) is 0 Å². The van der Waals surface area contributed by atoms with E-state index in [1.165, 1.54) is 12.6 Å². The fourth-order valence-corrected chi connectivity index (χ4v) is 1.01. The Balaban J connectivity index is -0.000000368. The zero-order valence-electron chi connectivity index (χ0n) is 16.8. The highest BCUT2D eigenvalue weighted by Crippen LogP contribution is 2.22. The Kier molecular flexibility index (Phi) is 25.6. The standard InChI is InChI=1S/C11H13N3.C4H9N.C3H8.C2H6/c1-3-13-8-9-14-11-7-5-4-6-10(11)12-2;1-4(2)5-3;1-3-2;1-2/h3-9,12H,1H2,2H3;1-3H3;3H2,1-2H3;1-2H3. The van der Waals surface area contributed by atoms with Crippen molar-refractivity contribution in [2.45, 2.75) is 48.0 Å². The summed E-state index contributed by atoms with van der Waals surface area (Å²) >= 11 is 0. The van der Waals surface area contributed by atoms with Crippen molar-refractivity contribution in [3.8, 4) is 0 Å². The lowest BCUT2D eigenvalue weighted by atomic mass is 10.3. The van der Waals surface area contributed by atoms with Gasteiger partial charge in [0.1, 0.15) is 0 Å². The fourth-order valence-electron chi connectivity index (χ4n) is 1.01. The minimum Gasteiger partial charge on any atom is -0.386 e. The summed E-state index contributed by atoms with van der Waals surface area (Å²) in [6.45, 7) is 15.7. The summed E-state index contributed by atoms with van der Waals surface area (Å²) in [5.41, 5.74) is 3.02. The quantitative estimate of drug-likeness (QED) is 0.657. The van der Waals surface area contributed by atoms with Crippen LogP contribution in [0.2, 0.25) is 0 Å². The Morgan fingerprint density at radius 1 is 1.12 bits per heavy atom. The molecule has 0 aliphatic carbocycles. The van der Waals surface area contributed by atoms with Gasteiger partial charge in [0.2, 0.25) is 0 Å². The maximum atomic E-state index is 4.23. The van der Waals surface area contributed by atoms with E-state index in [0.717, 1.165) is 17.1 Å². The highest BCUT2D eigenvalue weighted by atomic mass is 14.9. The third-order valence-electron chi connectivity index (χ3n) is 2.09. The maximum absolute atomic E-state index is 4.23. The van der Waals surface area contributed by atoms with Crippen LogP contribution in [0.4, 0.5) is 11.4 Å². The molecule has 1 aromatic rings. The highest BCUT2D eigenvalue weighted by molar-refractivity contribution is 6.17. The second kappa shape index (κ2) is 23.0. The molecule has 0 fully saturated rings. The summed E-state index contributed by atoms with van der Waals surface area (Å²) in [6, 6.07) is 7.81. The van der Waals surface area contributed by atoms with Crippen LogP contribution in [0.5, 0.6) is 0 Å². The molecule has 1 aromatic carbocycles. The van der Waals surface area contributed by atoms with E-state index < -0.39 is 0 Å². The Bertz CT molecular complexity index is 470. The van der Waals surface area contributed by atoms with Crippen LogP contribution in [0.15, 0.2) is 52.0 Å². The van der Waals surface area contributed by atoms with Crippen molar-refractivity contribution < 1.29 is 0 Å². The molecule has 0 aliphatic rings. The van der Waals surface area contributed by atoms with Gasteiger partial charge in [-0.05, 0) is 26.0 Å². The monoisotopic (exact) mass is 332 g/mol. The van der Waals surface area contributed by atoms with Gasteiger partial charge in [0, 0.05) is 38.4 Å². The lowest BCUT2D eigenvalue weighted by Crippen LogP contribution is -1.87. The van der Waals surface area contributed by atoms with Crippen LogP contribution in [-0.2, 0) is 0 Å². The smallest absolute Gasteiger partial charge is 0.0861 e. The van der Waals surface area contributed by atoms with E-state index in [4.69, 9.17) is 0 Å². The summed E-state index contributed by atoms with van der Waals surface area (Å²) < 4.78 is 0. The second-order valence-corrected chi connectivity index (χ2v) is 4.40. The van der Waals surface area contributed by atoms with Gasteiger partial charge in [-0.15, -0.1) is 0 Å². The Labute approximate surface area is 149 Å². The minimum absolute atomic E-state index is 0.894. The predicted molar refractivity (Wildman–Crippen MR) is 115 cm³/mol. The summed E-state index contributed by atoms with van der Waals surface area (Å²) in [5.74, 6) is 0. The van der Waals surface area contributed by atoms with Crippen LogP contribution in [0.25, 0.3) is 0 Å². The zero-order valence-corrected chi connectivity index (χ0v) is 16.8. The van der Waals surface area contributed by atoms with Crippen molar-refractivity contribution in [2.24, 2.45) is 15.0 Å². The number of aliphatic imine (C=N–C) groups is 3. The molecular formula is C20H36N4. The SMILES string of the molecule is C=CN=CC=Nc1ccccc1NC.CC.CCC.CN=C(C)C. The number of benzene rings is 1. The van der Waals surface area contributed by atoms with E-state index in [9.17, 15) is 0 Å². The summed E-state index contributed by atoms with van der Waals surface area (Å²) in [7, 11) is 3.65. The molecule has 0 atom stereocenters. The van der Waals surface area contributed by atoms with Gasteiger partial charge in [-0.2, -0.15) is 0 Å². The largest absolute Gasteiger partial charge is 0.386 e. The molecule has 4 nitrogen and oxygen atoms in total. The third kappa shape index (κ3) is 19.8. The molecule has 0 saturated heterocycles. The molecule has 0 unspecified atom stereocenters. The first-order chi connectivity index (χ1) is 11.6. The van der Waals surface area contributed by atoms with Crippen LogP contribution < -0.4 is 5.32 Å². The highest BCUT2D eigenvalue weighted by Gasteiger charge is 1.93. The van der Waals surface area contributed by atoms with Crippen LogP contribution in [-0.4, -0.2) is 32.2 Å². The van der Waals surface area contributed by atoms with Gasteiger partial charge in [0.15, 0.2) is 0 Å². The van der Waals surface area contributed by atoms with E-state index in [1.807, 2.05) is 59.0 Å². The normalized spacial score (nSPS) is 8.83. The molecule has 24 heavy (non-hydrogen) atoms. The van der Waals surface area contributed by atoms with E-state index in [2.05, 4.69) is 40.7 Å². The first-order valence-corrected chi connectivity index (χ1v) is 8.40. The van der Waals surface area contributed by atoms with E-state index in [0.29, 0.717) is 0 Å². The molecule has 0 spiro atoms. The second-order valence-electron chi connectivity index (χ2n) is 4.40. The molecule has 0 heterocycles. The molecule has 0 aliphatic heterocycles. The summed E-state index contributed by atoms with van der Waals surface area (Å²) in [4.78, 5) is 11.8. The maximum Gasteiger partial charge on any atom is 0.0861 e. The molecule has 136 valence electrons. The van der Waals surface area contributed by atoms with E-state index >= 15 is 0 Å². The Hall–Kier alpha value is -2.23. The van der Waals surface area contributed by atoms with Crippen molar-refractivity contribution in [3.63, 3.8) is 0 Å². The Morgan fingerprint density at radius 3 is 2.04 bits per heavy atom. The first kappa shape index (κ1) is 26.7. The molecule has 0 saturated carbocycles. The number of nitrogens with one attached hydrogen (secondary N) is 1. The molecular weight excluding hydrogens is 296 g/mol. The lowest BCUT2D eigenvalue weighted by molar-refractivity contribution is 1.09. The third-order valence-corrected chi connectivity index (χ3v) is 2.09. The molecule has 0 radical (unpaired) electrons. The van der Waals surface area contributed by atoms with Crippen molar-refractivity contribution in [1.82, 2.24) is 0 Å². The van der Waals surface area contributed by atoms with Crippen LogP contribution in [0.1, 0.15) is 48.0 Å². The van der Waals surface area contributed by atoms with Crippen LogP contribution >= 0.6 is 0 Å². The average molecular weight is 333 g/mol. The van der Waals surface area contributed by atoms with Crippen molar-refractivity contribution in [3.05, 3.63) is 37.0 Å². The van der Waals surface area contributed by atoms with Gasteiger partial charge >= 0.3 is 0 Å². The molecule has 4 heteroatoms. The molecule has 1 N–H and O–H groups in total. The number of nitrogens with zero attached hydrogens (tertiary/aromatic N) is 3. The predicted octanol–water partition coefficient (Wildman–Crippen LogP) is 6.18. The van der Waals surface area contributed by atoms with Gasteiger partial charge in [0.25, 0.3) is 0 Å². The minimum atomic E-state index is 0.894. The molecule has 0 aromatic heterocycles. The molecule has 0 amide bonds. The first-order valence-electron chi connectivity index (χ1n) is 8.40. The summed E-state index contributed by atoms with van der Waals surface area (Å²) in [5, 5.41) is 3.06. The van der Waals surface area contributed by atoms with Crippen LogP contribution in [0, 0.1) is 0 Å². The summed E-state index contributed by atoms with van der Waals surface area (Å²) in [6.07, 6.45) is 5.95. The topological polar surface area (TPSA) is 49.1 Å². The van der Waals surface area contributed by atoms with Crippen molar-refractivity contribution in [2.75, 3.05) is 19.4 Å². The molecule has 1 rings (SSSR count). The zero-order chi connectivity index (χ0) is 19.2. The number of para-hydroxylation sites is 2. The Morgan fingerprint density at radius 2 is 1.62 bits per heavy atom. The average Bonchev–Trinajstić information content (AvgIpc) is 2.62. The number of anilines is 1. The van der Waals surface area contributed by atoms with Gasteiger partial charge in [-0.3, -0.25) is 15.0 Å². The lowest BCUT2D eigenvalue weighted by Gasteiger charge is -2.02. The number of hydrogen-bond donors (Lipinski definition) is 1. The number of hydrogen-bond acceptors (Lipinski definition) is 4. The van der Waals surface area contributed by atoms with Crippen LogP contribution in [0.3, 0.4) is 0 Å². The van der Waals surface area contributed by atoms with Crippen molar-refractivity contribution >= 4 is 29.5 Å².